The second-order valence-corrected chi connectivity index (χ2v) is 4.91. The summed E-state index contributed by atoms with van der Waals surface area (Å²) >= 11 is 0. The van der Waals surface area contributed by atoms with Crippen LogP contribution < -0.4 is 4.90 Å². The molecule has 0 unspecified atom stereocenters. The van der Waals surface area contributed by atoms with Gasteiger partial charge >= 0.3 is 0 Å². The van der Waals surface area contributed by atoms with Crippen molar-refractivity contribution in [3.63, 3.8) is 0 Å². The third kappa shape index (κ3) is 1.72. The molecular weight excluding hydrogens is 260 g/mol. The van der Waals surface area contributed by atoms with Crippen LogP contribution in [0.2, 0.25) is 0 Å². The molecule has 0 atom stereocenters. The van der Waals surface area contributed by atoms with Crippen LogP contribution in [0.1, 0.15) is 33.6 Å². The van der Waals surface area contributed by atoms with Crippen molar-refractivity contribution < 1.29 is 19.2 Å². The highest BCUT2D eigenvalue weighted by Gasteiger charge is 2.34. The topological polar surface area (TPSA) is 74.8 Å². The van der Waals surface area contributed by atoms with Crippen LogP contribution in [0, 0.1) is 0 Å². The molecule has 1 aromatic rings. The molecule has 102 valence electrons. The van der Waals surface area contributed by atoms with Crippen LogP contribution >= 0.6 is 0 Å². The SMILES string of the molecule is CN1C(=O)c2ccc(N3CCC(=O)CC3=O)cc2C1=O. The van der Waals surface area contributed by atoms with Gasteiger partial charge in [-0.05, 0) is 18.2 Å². The third-order valence-electron chi connectivity index (χ3n) is 3.65. The van der Waals surface area contributed by atoms with Crippen molar-refractivity contribution in [2.45, 2.75) is 12.8 Å². The Morgan fingerprint density at radius 2 is 1.70 bits per heavy atom. The summed E-state index contributed by atoms with van der Waals surface area (Å²) in [6.07, 6.45) is 0.208. The first-order chi connectivity index (χ1) is 9.49. The lowest BCUT2D eigenvalue weighted by Gasteiger charge is -2.26. The molecule has 1 saturated heterocycles. The number of ketones is 1. The summed E-state index contributed by atoms with van der Waals surface area (Å²) in [4.78, 5) is 49.3. The number of anilines is 1. The van der Waals surface area contributed by atoms with Crippen LogP contribution in [-0.2, 0) is 9.59 Å². The van der Waals surface area contributed by atoms with Crippen molar-refractivity contribution in [2.75, 3.05) is 18.5 Å². The largest absolute Gasteiger partial charge is 0.312 e. The Morgan fingerprint density at radius 1 is 1.00 bits per heavy atom. The molecule has 3 rings (SSSR count). The monoisotopic (exact) mass is 272 g/mol. The first-order valence-corrected chi connectivity index (χ1v) is 6.27. The molecule has 0 radical (unpaired) electrons. The molecule has 0 bridgehead atoms. The van der Waals surface area contributed by atoms with Gasteiger partial charge in [0.05, 0.1) is 17.5 Å². The number of carbonyl (C=O) groups excluding carboxylic acids is 4. The van der Waals surface area contributed by atoms with Crippen molar-refractivity contribution in [3.8, 4) is 0 Å². The number of rotatable bonds is 1. The highest BCUT2D eigenvalue weighted by Crippen LogP contribution is 2.28. The quantitative estimate of drug-likeness (QED) is 0.554. The van der Waals surface area contributed by atoms with Gasteiger partial charge in [0.1, 0.15) is 5.78 Å². The van der Waals surface area contributed by atoms with E-state index in [1.54, 1.807) is 18.2 Å². The number of benzene rings is 1. The number of Topliss-reactive ketones (excluding diaryl/α,β-unsaturated/α-hetero) is 1. The number of piperidine rings is 1. The van der Waals surface area contributed by atoms with E-state index in [4.69, 9.17) is 0 Å². The maximum Gasteiger partial charge on any atom is 0.261 e. The molecule has 2 aliphatic rings. The fourth-order valence-corrected chi connectivity index (χ4v) is 2.50. The van der Waals surface area contributed by atoms with E-state index in [1.165, 1.54) is 11.9 Å². The molecule has 0 spiro atoms. The molecular formula is C14H12N2O4. The molecule has 0 N–H and O–H groups in total. The highest BCUT2D eigenvalue weighted by atomic mass is 16.2. The molecule has 0 aliphatic carbocycles. The number of imide groups is 1. The fraction of sp³-hybridized carbons (Fsp3) is 0.286. The second-order valence-electron chi connectivity index (χ2n) is 4.91. The number of amides is 3. The lowest BCUT2D eigenvalue weighted by atomic mass is 10.0. The number of hydrogen-bond donors (Lipinski definition) is 0. The lowest BCUT2D eigenvalue weighted by molar-refractivity contribution is -0.128. The smallest absolute Gasteiger partial charge is 0.261 e. The summed E-state index contributed by atoms with van der Waals surface area (Å²) in [6, 6.07) is 4.74. The summed E-state index contributed by atoms with van der Waals surface area (Å²) < 4.78 is 0. The molecule has 1 fully saturated rings. The van der Waals surface area contributed by atoms with Crippen LogP contribution in [0.15, 0.2) is 18.2 Å². The molecule has 3 amide bonds. The number of hydrogen-bond acceptors (Lipinski definition) is 4. The van der Waals surface area contributed by atoms with E-state index in [0.29, 0.717) is 29.8 Å². The zero-order chi connectivity index (χ0) is 14.4. The zero-order valence-corrected chi connectivity index (χ0v) is 10.9. The van der Waals surface area contributed by atoms with Gasteiger partial charge in [0.15, 0.2) is 0 Å². The average Bonchev–Trinajstić information content (AvgIpc) is 2.64. The van der Waals surface area contributed by atoms with Gasteiger partial charge < -0.3 is 4.90 Å². The predicted octanol–water partition coefficient (Wildman–Crippen LogP) is 0.608. The Bertz CT molecular complexity index is 665. The van der Waals surface area contributed by atoms with Gasteiger partial charge in [0.2, 0.25) is 5.91 Å². The van der Waals surface area contributed by atoms with Crippen molar-refractivity contribution in [2.24, 2.45) is 0 Å². The van der Waals surface area contributed by atoms with E-state index < -0.39 is 0 Å². The van der Waals surface area contributed by atoms with Gasteiger partial charge in [-0.1, -0.05) is 0 Å². The minimum absolute atomic E-state index is 0.0709. The highest BCUT2D eigenvalue weighted by molar-refractivity contribution is 6.21. The first-order valence-electron chi connectivity index (χ1n) is 6.27. The summed E-state index contributed by atoms with van der Waals surface area (Å²) in [5, 5.41) is 0. The van der Waals surface area contributed by atoms with E-state index >= 15 is 0 Å². The van der Waals surface area contributed by atoms with Crippen LogP contribution in [0.25, 0.3) is 0 Å². The van der Waals surface area contributed by atoms with E-state index in [2.05, 4.69) is 0 Å². The Kier molecular flexibility index (Phi) is 2.67. The minimum Gasteiger partial charge on any atom is -0.312 e. The van der Waals surface area contributed by atoms with Crippen LogP contribution in [0.4, 0.5) is 5.69 Å². The molecule has 0 saturated carbocycles. The molecule has 2 aliphatic heterocycles. The Hall–Kier alpha value is -2.50. The molecule has 6 heteroatoms. The Balaban J connectivity index is 1.98. The van der Waals surface area contributed by atoms with Gasteiger partial charge in [-0.3, -0.25) is 24.1 Å². The number of fused-ring (bicyclic) bond motifs is 1. The molecule has 0 aromatic heterocycles. The summed E-state index contributed by atoms with van der Waals surface area (Å²) in [6.45, 7) is 0.314. The van der Waals surface area contributed by atoms with Gasteiger partial charge in [0.25, 0.3) is 11.8 Å². The standard InChI is InChI=1S/C14H12N2O4/c1-15-13(19)10-3-2-8(6-11(10)14(15)20)16-5-4-9(17)7-12(16)18/h2-3,6H,4-5,7H2,1H3. The maximum absolute atomic E-state index is 11.9. The lowest BCUT2D eigenvalue weighted by Crippen LogP contribution is -2.39. The number of carbonyl (C=O) groups is 4. The molecule has 2 heterocycles. The fourth-order valence-electron chi connectivity index (χ4n) is 2.50. The van der Waals surface area contributed by atoms with E-state index in [-0.39, 0.29) is 29.9 Å². The van der Waals surface area contributed by atoms with Gasteiger partial charge in [-0.25, -0.2) is 0 Å². The molecule has 20 heavy (non-hydrogen) atoms. The van der Waals surface area contributed by atoms with Crippen LogP contribution in [-0.4, -0.2) is 42.0 Å². The van der Waals surface area contributed by atoms with Gasteiger partial charge in [-0.2, -0.15) is 0 Å². The number of nitrogens with zero attached hydrogens (tertiary/aromatic N) is 2. The summed E-state index contributed by atoms with van der Waals surface area (Å²) in [5.41, 5.74) is 1.21. The van der Waals surface area contributed by atoms with Crippen LogP contribution in [0.3, 0.4) is 0 Å². The first kappa shape index (κ1) is 12.5. The Labute approximate surface area is 115 Å². The Morgan fingerprint density at radius 3 is 2.40 bits per heavy atom. The van der Waals surface area contributed by atoms with E-state index in [0.717, 1.165) is 4.90 Å². The molecule has 1 aromatic carbocycles. The van der Waals surface area contributed by atoms with Crippen molar-refractivity contribution in [3.05, 3.63) is 29.3 Å². The normalized spacial score (nSPS) is 18.9. The third-order valence-corrected chi connectivity index (χ3v) is 3.65. The summed E-state index contributed by atoms with van der Waals surface area (Å²) in [5.74, 6) is -1.05. The molecule has 6 nitrogen and oxygen atoms in total. The van der Waals surface area contributed by atoms with E-state index in [1.807, 2.05) is 0 Å². The predicted molar refractivity (Wildman–Crippen MR) is 69.5 cm³/mol. The van der Waals surface area contributed by atoms with Crippen molar-refractivity contribution in [1.29, 1.82) is 0 Å². The van der Waals surface area contributed by atoms with Crippen LogP contribution in [0.5, 0.6) is 0 Å². The zero-order valence-electron chi connectivity index (χ0n) is 10.9. The maximum atomic E-state index is 11.9. The van der Waals surface area contributed by atoms with E-state index in [9.17, 15) is 19.2 Å². The minimum atomic E-state index is -0.368. The van der Waals surface area contributed by atoms with Gasteiger partial charge in [-0.15, -0.1) is 0 Å². The average molecular weight is 272 g/mol. The second kappa shape index (κ2) is 4.26. The van der Waals surface area contributed by atoms with Crippen molar-refractivity contribution >= 4 is 29.2 Å². The van der Waals surface area contributed by atoms with Gasteiger partial charge in [0, 0.05) is 25.7 Å². The van der Waals surface area contributed by atoms with Crippen molar-refractivity contribution in [1.82, 2.24) is 4.90 Å². The summed E-state index contributed by atoms with van der Waals surface area (Å²) in [7, 11) is 1.43.